The van der Waals surface area contributed by atoms with E-state index in [9.17, 15) is 4.79 Å². The Morgan fingerprint density at radius 3 is 2.74 bits per heavy atom. The van der Waals surface area contributed by atoms with Crippen LogP contribution in [0.1, 0.15) is 58.2 Å². The summed E-state index contributed by atoms with van der Waals surface area (Å²) in [5.41, 5.74) is 5.89. The Labute approximate surface area is 160 Å². The van der Waals surface area contributed by atoms with Gasteiger partial charge in [-0.2, -0.15) is 0 Å². The number of hydrogen-bond donors (Lipinski definition) is 0. The van der Waals surface area contributed by atoms with Crippen molar-refractivity contribution >= 4 is 16.8 Å². The highest BCUT2D eigenvalue weighted by Gasteiger charge is 2.30. The van der Waals surface area contributed by atoms with Gasteiger partial charge in [0.2, 0.25) is 0 Å². The molecule has 138 valence electrons. The third-order valence-corrected chi connectivity index (χ3v) is 5.66. The van der Waals surface area contributed by atoms with E-state index < -0.39 is 0 Å². The van der Waals surface area contributed by atoms with Crippen LogP contribution >= 0.6 is 0 Å². The molecule has 3 aromatic rings. The molecule has 27 heavy (non-hydrogen) atoms. The molecule has 3 heterocycles. The number of aromatic nitrogens is 2. The van der Waals surface area contributed by atoms with E-state index in [1.807, 2.05) is 48.4 Å². The minimum Gasteiger partial charge on any atom is -0.330 e. The van der Waals surface area contributed by atoms with Crippen LogP contribution < -0.4 is 0 Å². The Hall–Kier alpha value is -2.75. The van der Waals surface area contributed by atoms with Crippen molar-refractivity contribution in [2.75, 3.05) is 6.54 Å². The summed E-state index contributed by atoms with van der Waals surface area (Å²) in [4.78, 5) is 24.9. The fraction of sp³-hybridized carbons (Fsp3) is 0.348. The van der Waals surface area contributed by atoms with Crippen molar-refractivity contribution in [3.8, 4) is 0 Å². The average molecular weight is 359 g/mol. The smallest absolute Gasteiger partial charge is 0.255 e. The molecule has 0 bridgehead atoms. The van der Waals surface area contributed by atoms with E-state index in [2.05, 4.69) is 24.9 Å². The molecule has 1 saturated heterocycles. The molecule has 0 aliphatic carbocycles. The summed E-state index contributed by atoms with van der Waals surface area (Å²) in [6, 6.07) is 12.0. The van der Waals surface area contributed by atoms with E-state index in [0.29, 0.717) is 0 Å². The number of likely N-dealkylation sites (tertiary alicyclic amines) is 1. The Morgan fingerprint density at radius 1 is 1.11 bits per heavy atom. The van der Waals surface area contributed by atoms with Gasteiger partial charge in [0.15, 0.2) is 0 Å². The van der Waals surface area contributed by atoms with Crippen LogP contribution in [0.15, 0.2) is 42.6 Å². The van der Waals surface area contributed by atoms with Gasteiger partial charge in [-0.3, -0.25) is 14.8 Å². The number of carbonyl (C=O) groups excluding carboxylic acids is 1. The topological polar surface area (TPSA) is 46.1 Å². The molecule has 0 spiro atoms. The molecule has 1 aromatic carbocycles. The van der Waals surface area contributed by atoms with Gasteiger partial charge in [0, 0.05) is 23.8 Å². The minimum absolute atomic E-state index is 0.0440. The Balaban J connectivity index is 1.81. The first-order valence-corrected chi connectivity index (χ1v) is 9.65. The zero-order valence-corrected chi connectivity index (χ0v) is 16.2. The number of amides is 1. The number of carbonyl (C=O) groups is 1. The molecule has 0 N–H and O–H groups in total. The number of benzene rings is 1. The summed E-state index contributed by atoms with van der Waals surface area (Å²) in [5, 5.41) is 0.944. The minimum atomic E-state index is 0.0440. The van der Waals surface area contributed by atoms with Crippen molar-refractivity contribution in [3.05, 3.63) is 70.7 Å². The summed E-state index contributed by atoms with van der Waals surface area (Å²) < 4.78 is 0. The maximum Gasteiger partial charge on any atom is 0.255 e. The predicted molar refractivity (Wildman–Crippen MR) is 108 cm³/mol. The Morgan fingerprint density at radius 2 is 1.96 bits per heavy atom. The molecule has 0 radical (unpaired) electrons. The maximum atomic E-state index is 13.6. The van der Waals surface area contributed by atoms with Crippen LogP contribution in [0.2, 0.25) is 0 Å². The van der Waals surface area contributed by atoms with E-state index in [4.69, 9.17) is 4.98 Å². The summed E-state index contributed by atoms with van der Waals surface area (Å²) in [7, 11) is 0. The molecule has 0 saturated carbocycles. The van der Waals surface area contributed by atoms with Gasteiger partial charge >= 0.3 is 0 Å². The standard InChI is InChI=1S/C23H25N3O/c1-15-10-11-18-19(14-16(2)25-22(18)17(15)3)23(27)26-13-7-5-9-21(26)20-8-4-6-12-24-20/h4,6,8,10-12,14,21H,5,7,9,13H2,1-3H3/t21-/m0/s1. The zero-order chi connectivity index (χ0) is 19.0. The van der Waals surface area contributed by atoms with Gasteiger partial charge in [0.25, 0.3) is 5.91 Å². The first kappa shape index (κ1) is 17.7. The molecule has 1 aliphatic rings. The Bertz CT molecular complexity index is 997. The molecule has 1 aliphatic heterocycles. The first-order chi connectivity index (χ1) is 13.1. The predicted octanol–water partition coefficient (Wildman–Crippen LogP) is 4.92. The summed E-state index contributed by atoms with van der Waals surface area (Å²) in [6.45, 7) is 6.90. The van der Waals surface area contributed by atoms with Crippen LogP contribution in [0.5, 0.6) is 0 Å². The van der Waals surface area contributed by atoms with E-state index in [-0.39, 0.29) is 11.9 Å². The van der Waals surface area contributed by atoms with Gasteiger partial charge in [-0.05, 0) is 69.4 Å². The lowest BCUT2D eigenvalue weighted by molar-refractivity contribution is 0.0608. The number of pyridine rings is 2. The number of hydrogen-bond acceptors (Lipinski definition) is 3. The fourth-order valence-electron chi connectivity index (χ4n) is 4.04. The molecule has 0 unspecified atom stereocenters. The molecular weight excluding hydrogens is 334 g/mol. The summed E-state index contributed by atoms with van der Waals surface area (Å²) >= 11 is 0. The third-order valence-electron chi connectivity index (χ3n) is 5.66. The van der Waals surface area contributed by atoms with Crippen molar-refractivity contribution < 1.29 is 4.79 Å². The highest BCUT2D eigenvalue weighted by atomic mass is 16.2. The van der Waals surface area contributed by atoms with E-state index in [0.717, 1.165) is 59.2 Å². The SMILES string of the molecule is Cc1cc(C(=O)N2CCCC[C@H]2c2ccccn2)c2ccc(C)c(C)c2n1. The molecular formula is C23H25N3O. The van der Waals surface area contributed by atoms with Crippen LogP contribution in [0, 0.1) is 20.8 Å². The molecule has 4 heteroatoms. The number of fused-ring (bicyclic) bond motifs is 1. The first-order valence-electron chi connectivity index (χ1n) is 9.65. The van der Waals surface area contributed by atoms with Gasteiger partial charge in [-0.1, -0.05) is 18.2 Å². The molecule has 1 fully saturated rings. The largest absolute Gasteiger partial charge is 0.330 e. The van der Waals surface area contributed by atoms with Gasteiger partial charge in [0.05, 0.1) is 22.8 Å². The van der Waals surface area contributed by atoms with E-state index in [1.165, 1.54) is 5.56 Å². The molecule has 1 amide bonds. The number of aryl methyl sites for hydroxylation is 3. The van der Waals surface area contributed by atoms with Gasteiger partial charge in [-0.25, -0.2) is 0 Å². The highest BCUT2D eigenvalue weighted by molar-refractivity contribution is 6.07. The zero-order valence-electron chi connectivity index (χ0n) is 16.2. The molecule has 1 atom stereocenters. The lowest BCUT2D eigenvalue weighted by Crippen LogP contribution is -2.39. The second-order valence-electron chi connectivity index (χ2n) is 7.48. The van der Waals surface area contributed by atoms with Crippen LogP contribution in [0.3, 0.4) is 0 Å². The third kappa shape index (κ3) is 3.20. The van der Waals surface area contributed by atoms with Crippen molar-refractivity contribution in [1.29, 1.82) is 0 Å². The highest BCUT2D eigenvalue weighted by Crippen LogP contribution is 2.33. The van der Waals surface area contributed by atoms with E-state index >= 15 is 0 Å². The summed E-state index contributed by atoms with van der Waals surface area (Å²) in [6.07, 6.45) is 4.93. The molecule has 4 rings (SSSR count). The lowest BCUT2D eigenvalue weighted by atomic mass is 9.95. The fourth-order valence-corrected chi connectivity index (χ4v) is 4.04. The van der Waals surface area contributed by atoms with Crippen LogP contribution in [-0.4, -0.2) is 27.3 Å². The van der Waals surface area contributed by atoms with Gasteiger partial charge in [-0.15, -0.1) is 0 Å². The van der Waals surface area contributed by atoms with Crippen LogP contribution in [0.25, 0.3) is 10.9 Å². The Kier molecular flexibility index (Phi) is 4.65. The van der Waals surface area contributed by atoms with Crippen LogP contribution in [-0.2, 0) is 0 Å². The average Bonchev–Trinajstić information content (AvgIpc) is 2.70. The number of rotatable bonds is 2. The second kappa shape index (κ2) is 7.10. The number of piperidine rings is 1. The molecule has 2 aromatic heterocycles. The van der Waals surface area contributed by atoms with Gasteiger partial charge in [0.1, 0.15) is 0 Å². The van der Waals surface area contributed by atoms with Crippen molar-refractivity contribution in [2.45, 2.75) is 46.1 Å². The van der Waals surface area contributed by atoms with E-state index in [1.54, 1.807) is 0 Å². The monoisotopic (exact) mass is 359 g/mol. The van der Waals surface area contributed by atoms with Gasteiger partial charge < -0.3 is 4.90 Å². The van der Waals surface area contributed by atoms with Crippen LogP contribution in [0.4, 0.5) is 0 Å². The molecule has 4 nitrogen and oxygen atoms in total. The quantitative estimate of drug-likeness (QED) is 0.652. The summed E-state index contributed by atoms with van der Waals surface area (Å²) in [5.74, 6) is 0.0871. The van der Waals surface area contributed by atoms with Crippen molar-refractivity contribution in [1.82, 2.24) is 14.9 Å². The second-order valence-corrected chi connectivity index (χ2v) is 7.48. The maximum absolute atomic E-state index is 13.6. The normalized spacial score (nSPS) is 17.3. The number of nitrogens with zero attached hydrogens (tertiary/aromatic N) is 3. The van der Waals surface area contributed by atoms with Crippen molar-refractivity contribution in [3.63, 3.8) is 0 Å². The lowest BCUT2D eigenvalue weighted by Gasteiger charge is -2.35. The van der Waals surface area contributed by atoms with Crippen molar-refractivity contribution in [2.24, 2.45) is 0 Å².